The van der Waals surface area contributed by atoms with E-state index in [4.69, 9.17) is 11.0 Å². The van der Waals surface area contributed by atoms with Crippen molar-refractivity contribution in [2.45, 2.75) is 19.4 Å². The van der Waals surface area contributed by atoms with Crippen molar-refractivity contribution >= 4 is 5.97 Å². The number of carbonyl (C=O) groups excluding carboxylic acids is 1. The number of nitriles is 1. The molecule has 1 atom stereocenters. The number of carbonyl (C=O) groups is 1. The number of hydrogen-bond donors (Lipinski definition) is 1. The molecule has 0 unspecified atom stereocenters. The molecule has 0 saturated carbocycles. The molecule has 2 N–H and O–H groups in total. The predicted molar refractivity (Wildman–Crippen MR) is 59.6 cm³/mol. The third-order valence-corrected chi connectivity index (χ3v) is 2.42. The third kappa shape index (κ3) is 2.81. The summed E-state index contributed by atoms with van der Waals surface area (Å²) in [6.07, 6.45) is 0.383. The largest absolute Gasteiger partial charge is 0.468 e. The smallest absolute Gasteiger partial charge is 0.322 e. The average Bonchev–Trinajstić information content (AvgIpc) is 2.30. The van der Waals surface area contributed by atoms with Crippen LogP contribution in [0.4, 0.5) is 0 Å². The van der Waals surface area contributed by atoms with Crippen LogP contribution in [0.15, 0.2) is 18.2 Å². The molecule has 0 bridgehead atoms. The lowest BCUT2D eigenvalue weighted by atomic mass is 9.99. The molecule has 84 valence electrons. The van der Waals surface area contributed by atoms with E-state index >= 15 is 0 Å². The van der Waals surface area contributed by atoms with Gasteiger partial charge in [-0.05, 0) is 36.6 Å². The second-order valence-corrected chi connectivity index (χ2v) is 3.59. The SMILES string of the molecule is COC(=O)[C@H](N)Cc1cc(C#N)ccc1C. The highest BCUT2D eigenvalue weighted by atomic mass is 16.5. The number of nitrogens with zero attached hydrogens (tertiary/aromatic N) is 1. The summed E-state index contributed by atoms with van der Waals surface area (Å²) in [5, 5.41) is 8.77. The van der Waals surface area contributed by atoms with Crippen LogP contribution < -0.4 is 5.73 Å². The standard InChI is InChI=1S/C12H14N2O2/c1-8-3-4-9(7-13)5-10(8)6-11(14)12(15)16-2/h3-5,11H,6,14H2,1-2H3/t11-/m1/s1. The molecule has 1 aromatic rings. The van der Waals surface area contributed by atoms with Crippen LogP contribution in [-0.4, -0.2) is 19.1 Å². The van der Waals surface area contributed by atoms with Crippen molar-refractivity contribution in [3.05, 3.63) is 34.9 Å². The zero-order valence-corrected chi connectivity index (χ0v) is 9.36. The molecule has 0 aliphatic heterocycles. The van der Waals surface area contributed by atoms with E-state index in [1.807, 2.05) is 13.0 Å². The van der Waals surface area contributed by atoms with Crippen molar-refractivity contribution < 1.29 is 9.53 Å². The van der Waals surface area contributed by atoms with Crippen LogP contribution in [0.25, 0.3) is 0 Å². The summed E-state index contributed by atoms with van der Waals surface area (Å²) in [6.45, 7) is 1.92. The fraction of sp³-hybridized carbons (Fsp3) is 0.333. The second-order valence-electron chi connectivity index (χ2n) is 3.59. The van der Waals surface area contributed by atoms with E-state index in [-0.39, 0.29) is 0 Å². The van der Waals surface area contributed by atoms with Crippen molar-refractivity contribution in [1.82, 2.24) is 0 Å². The van der Waals surface area contributed by atoms with Gasteiger partial charge in [0.25, 0.3) is 0 Å². The first-order chi connectivity index (χ1) is 7.58. The summed E-state index contributed by atoms with van der Waals surface area (Å²) >= 11 is 0. The molecule has 0 fully saturated rings. The average molecular weight is 218 g/mol. The molecule has 0 aliphatic carbocycles. The van der Waals surface area contributed by atoms with Gasteiger partial charge in [-0.1, -0.05) is 6.07 Å². The van der Waals surface area contributed by atoms with Gasteiger partial charge >= 0.3 is 5.97 Å². The molecule has 0 amide bonds. The monoisotopic (exact) mass is 218 g/mol. The van der Waals surface area contributed by atoms with Crippen LogP contribution in [0.3, 0.4) is 0 Å². The number of aryl methyl sites for hydroxylation is 1. The number of nitrogens with two attached hydrogens (primary N) is 1. The van der Waals surface area contributed by atoms with Crippen molar-refractivity contribution in [3.8, 4) is 6.07 Å². The van der Waals surface area contributed by atoms with Crippen molar-refractivity contribution in [2.75, 3.05) is 7.11 Å². The highest BCUT2D eigenvalue weighted by Crippen LogP contribution is 2.12. The molecule has 4 nitrogen and oxygen atoms in total. The third-order valence-electron chi connectivity index (χ3n) is 2.42. The van der Waals surface area contributed by atoms with Crippen LogP contribution in [0.1, 0.15) is 16.7 Å². The van der Waals surface area contributed by atoms with Gasteiger partial charge in [0.15, 0.2) is 0 Å². The lowest BCUT2D eigenvalue weighted by Crippen LogP contribution is -2.33. The second kappa shape index (κ2) is 5.29. The van der Waals surface area contributed by atoms with Crippen LogP contribution in [-0.2, 0) is 16.0 Å². The minimum absolute atomic E-state index is 0.383. The summed E-state index contributed by atoms with van der Waals surface area (Å²) in [6, 6.07) is 6.70. The van der Waals surface area contributed by atoms with E-state index in [1.54, 1.807) is 12.1 Å². The number of esters is 1. The zero-order valence-electron chi connectivity index (χ0n) is 9.36. The minimum Gasteiger partial charge on any atom is -0.468 e. The van der Waals surface area contributed by atoms with Gasteiger partial charge < -0.3 is 10.5 Å². The molecular weight excluding hydrogens is 204 g/mol. The van der Waals surface area contributed by atoms with E-state index < -0.39 is 12.0 Å². The minimum atomic E-state index is -0.683. The highest BCUT2D eigenvalue weighted by Gasteiger charge is 2.15. The summed E-state index contributed by atoms with van der Waals surface area (Å²) in [4.78, 5) is 11.2. The van der Waals surface area contributed by atoms with Crippen molar-refractivity contribution in [1.29, 1.82) is 5.26 Å². The lowest BCUT2D eigenvalue weighted by molar-refractivity contribution is -0.142. The topological polar surface area (TPSA) is 76.1 Å². The number of rotatable bonds is 3. The Morgan fingerprint density at radius 1 is 1.62 bits per heavy atom. The van der Waals surface area contributed by atoms with Crippen molar-refractivity contribution in [2.24, 2.45) is 5.73 Å². The lowest BCUT2D eigenvalue weighted by Gasteiger charge is -2.11. The Bertz CT molecular complexity index is 435. The number of hydrogen-bond acceptors (Lipinski definition) is 4. The molecule has 0 aliphatic rings. The zero-order chi connectivity index (χ0) is 12.1. The highest BCUT2D eigenvalue weighted by molar-refractivity contribution is 5.75. The van der Waals surface area contributed by atoms with Crippen LogP contribution in [0, 0.1) is 18.3 Å². The first-order valence-corrected chi connectivity index (χ1v) is 4.91. The Hall–Kier alpha value is -1.86. The molecule has 0 radical (unpaired) electrons. The van der Waals surface area contributed by atoms with Gasteiger partial charge in [0, 0.05) is 0 Å². The number of methoxy groups -OCH3 is 1. The summed E-state index contributed by atoms with van der Waals surface area (Å²) in [5.74, 6) is -0.443. The van der Waals surface area contributed by atoms with Gasteiger partial charge in [-0.15, -0.1) is 0 Å². The fourth-order valence-electron chi connectivity index (χ4n) is 1.43. The Labute approximate surface area is 94.6 Å². The summed E-state index contributed by atoms with van der Waals surface area (Å²) in [7, 11) is 1.31. The molecule has 0 aromatic heterocycles. The van der Waals surface area contributed by atoms with Gasteiger partial charge in [-0.3, -0.25) is 4.79 Å². The van der Waals surface area contributed by atoms with Gasteiger partial charge in [-0.25, -0.2) is 0 Å². The van der Waals surface area contributed by atoms with E-state index in [0.717, 1.165) is 11.1 Å². The Kier molecular flexibility index (Phi) is 4.03. The first-order valence-electron chi connectivity index (χ1n) is 4.91. The van der Waals surface area contributed by atoms with Gasteiger partial charge in [0.2, 0.25) is 0 Å². The van der Waals surface area contributed by atoms with E-state index in [2.05, 4.69) is 10.8 Å². The van der Waals surface area contributed by atoms with Crippen LogP contribution in [0.5, 0.6) is 0 Å². The molecule has 0 heterocycles. The quantitative estimate of drug-likeness (QED) is 0.765. The van der Waals surface area contributed by atoms with Gasteiger partial charge in [0.1, 0.15) is 6.04 Å². The van der Waals surface area contributed by atoms with E-state index in [0.29, 0.717) is 12.0 Å². The number of benzene rings is 1. The maximum Gasteiger partial charge on any atom is 0.322 e. The molecule has 0 spiro atoms. The van der Waals surface area contributed by atoms with E-state index in [9.17, 15) is 4.79 Å². The summed E-state index contributed by atoms with van der Waals surface area (Å²) < 4.78 is 4.55. The van der Waals surface area contributed by atoms with E-state index in [1.165, 1.54) is 7.11 Å². The molecule has 0 saturated heterocycles. The Morgan fingerprint density at radius 2 is 2.31 bits per heavy atom. The maximum absolute atomic E-state index is 11.2. The number of ether oxygens (including phenoxy) is 1. The molecule has 1 aromatic carbocycles. The fourth-order valence-corrected chi connectivity index (χ4v) is 1.43. The van der Waals surface area contributed by atoms with Crippen molar-refractivity contribution in [3.63, 3.8) is 0 Å². The van der Waals surface area contributed by atoms with Gasteiger partial charge in [0.05, 0.1) is 18.7 Å². The predicted octanol–water partition coefficient (Wildman–Crippen LogP) is 0.909. The maximum atomic E-state index is 11.2. The summed E-state index contributed by atoms with van der Waals surface area (Å²) in [5.41, 5.74) is 8.14. The van der Waals surface area contributed by atoms with Crippen LogP contribution >= 0.6 is 0 Å². The normalized spacial score (nSPS) is 11.6. The Morgan fingerprint density at radius 3 is 2.88 bits per heavy atom. The molecular formula is C12H14N2O2. The molecule has 4 heteroatoms. The van der Waals surface area contributed by atoms with Crippen LogP contribution in [0.2, 0.25) is 0 Å². The van der Waals surface area contributed by atoms with Gasteiger partial charge in [-0.2, -0.15) is 5.26 Å². The Balaban J connectivity index is 2.88. The first kappa shape index (κ1) is 12.2. The molecule has 16 heavy (non-hydrogen) atoms. The molecule has 1 rings (SSSR count).